The third-order valence-corrected chi connectivity index (χ3v) is 4.67. The summed E-state index contributed by atoms with van der Waals surface area (Å²) < 4.78 is 10.5. The van der Waals surface area contributed by atoms with Crippen molar-refractivity contribution in [3.05, 3.63) is 18.2 Å². The van der Waals surface area contributed by atoms with Gasteiger partial charge in [-0.3, -0.25) is 9.59 Å². The minimum absolute atomic E-state index is 0.0521. The summed E-state index contributed by atoms with van der Waals surface area (Å²) >= 11 is 0. The monoisotopic (exact) mass is 348 g/mol. The normalized spacial score (nSPS) is 15.2. The zero-order valence-electron chi connectivity index (χ0n) is 15.3. The van der Waals surface area contributed by atoms with Crippen LogP contribution in [-0.4, -0.2) is 43.5 Å². The van der Waals surface area contributed by atoms with Gasteiger partial charge in [0.2, 0.25) is 11.8 Å². The van der Waals surface area contributed by atoms with Crippen LogP contribution in [0.1, 0.15) is 45.4 Å². The SMILES string of the molecule is COc1ccc(NC(=O)CN(C(C)=O)C2CCCCCC2)c(OC)c1. The number of nitrogens with one attached hydrogen (secondary N) is 1. The fraction of sp³-hybridized carbons (Fsp3) is 0.579. The van der Waals surface area contributed by atoms with E-state index in [0.717, 1.165) is 25.7 Å². The lowest BCUT2D eigenvalue weighted by molar-refractivity contribution is -0.135. The quantitative estimate of drug-likeness (QED) is 0.802. The highest BCUT2D eigenvalue weighted by Crippen LogP contribution is 2.29. The third-order valence-electron chi connectivity index (χ3n) is 4.67. The molecule has 1 aliphatic carbocycles. The molecule has 1 aromatic rings. The molecule has 6 heteroatoms. The average Bonchev–Trinajstić information content (AvgIpc) is 2.89. The number of anilines is 1. The summed E-state index contributed by atoms with van der Waals surface area (Å²) in [6, 6.07) is 5.36. The Labute approximate surface area is 149 Å². The van der Waals surface area contributed by atoms with Crippen LogP contribution in [0.15, 0.2) is 18.2 Å². The summed E-state index contributed by atoms with van der Waals surface area (Å²) in [6.45, 7) is 1.60. The van der Waals surface area contributed by atoms with Gasteiger partial charge in [-0.05, 0) is 25.0 Å². The van der Waals surface area contributed by atoms with E-state index in [-0.39, 0.29) is 24.4 Å². The lowest BCUT2D eigenvalue weighted by atomic mass is 10.1. The smallest absolute Gasteiger partial charge is 0.244 e. The number of nitrogens with zero attached hydrogens (tertiary/aromatic N) is 1. The first kappa shape index (κ1) is 19.1. The molecule has 25 heavy (non-hydrogen) atoms. The van der Waals surface area contributed by atoms with Crippen molar-refractivity contribution in [1.29, 1.82) is 0 Å². The molecule has 0 radical (unpaired) electrons. The molecule has 6 nitrogen and oxygen atoms in total. The number of amides is 2. The maximum Gasteiger partial charge on any atom is 0.244 e. The number of hydrogen-bond acceptors (Lipinski definition) is 4. The van der Waals surface area contributed by atoms with Crippen molar-refractivity contribution in [3.63, 3.8) is 0 Å². The molecule has 1 aliphatic rings. The summed E-state index contributed by atoms with van der Waals surface area (Å²) in [7, 11) is 3.11. The van der Waals surface area contributed by atoms with Crippen molar-refractivity contribution in [2.75, 3.05) is 26.1 Å². The first-order valence-corrected chi connectivity index (χ1v) is 8.84. The second-order valence-electron chi connectivity index (χ2n) is 6.41. The average molecular weight is 348 g/mol. The zero-order chi connectivity index (χ0) is 18.2. The van der Waals surface area contributed by atoms with Gasteiger partial charge >= 0.3 is 0 Å². The van der Waals surface area contributed by atoms with Crippen LogP contribution in [0.3, 0.4) is 0 Å². The second-order valence-corrected chi connectivity index (χ2v) is 6.41. The van der Waals surface area contributed by atoms with E-state index >= 15 is 0 Å². The van der Waals surface area contributed by atoms with Crippen molar-refractivity contribution in [3.8, 4) is 11.5 Å². The highest BCUT2D eigenvalue weighted by Gasteiger charge is 2.24. The van der Waals surface area contributed by atoms with E-state index in [9.17, 15) is 9.59 Å². The molecule has 1 aromatic carbocycles. The van der Waals surface area contributed by atoms with Gasteiger partial charge in [0, 0.05) is 19.0 Å². The van der Waals surface area contributed by atoms with Crippen LogP contribution in [0, 0.1) is 0 Å². The van der Waals surface area contributed by atoms with Crippen LogP contribution in [0.2, 0.25) is 0 Å². The molecule has 0 heterocycles. The Morgan fingerprint density at radius 3 is 2.36 bits per heavy atom. The maximum absolute atomic E-state index is 12.5. The first-order chi connectivity index (χ1) is 12.0. The molecule has 0 aliphatic heterocycles. The van der Waals surface area contributed by atoms with Crippen molar-refractivity contribution < 1.29 is 19.1 Å². The summed E-state index contributed by atoms with van der Waals surface area (Å²) in [5.41, 5.74) is 0.567. The maximum atomic E-state index is 12.5. The Hall–Kier alpha value is -2.24. The number of rotatable bonds is 6. The molecule has 2 amide bonds. The summed E-state index contributed by atoms with van der Waals surface area (Å²) in [4.78, 5) is 26.2. The first-order valence-electron chi connectivity index (χ1n) is 8.84. The van der Waals surface area contributed by atoms with E-state index < -0.39 is 0 Å². The predicted octanol–water partition coefficient (Wildman–Crippen LogP) is 3.21. The summed E-state index contributed by atoms with van der Waals surface area (Å²) in [5, 5.41) is 2.84. The van der Waals surface area contributed by atoms with Gasteiger partial charge in [0.15, 0.2) is 0 Å². The molecule has 0 aromatic heterocycles. The summed E-state index contributed by atoms with van der Waals surface area (Å²) in [5.74, 6) is 0.905. The van der Waals surface area contributed by atoms with Crippen molar-refractivity contribution in [2.24, 2.45) is 0 Å². The molecule has 1 fully saturated rings. The van der Waals surface area contributed by atoms with Gasteiger partial charge in [-0.15, -0.1) is 0 Å². The van der Waals surface area contributed by atoms with E-state index in [2.05, 4.69) is 5.32 Å². The van der Waals surface area contributed by atoms with Gasteiger partial charge in [-0.1, -0.05) is 25.7 Å². The lowest BCUT2D eigenvalue weighted by Crippen LogP contribution is -2.43. The minimum Gasteiger partial charge on any atom is -0.497 e. The topological polar surface area (TPSA) is 67.9 Å². The highest BCUT2D eigenvalue weighted by molar-refractivity contribution is 5.95. The van der Waals surface area contributed by atoms with Gasteiger partial charge in [0.1, 0.15) is 18.0 Å². The molecule has 138 valence electrons. The van der Waals surface area contributed by atoms with E-state index in [0.29, 0.717) is 17.2 Å². The Bertz CT molecular complexity index is 595. The van der Waals surface area contributed by atoms with Crippen molar-refractivity contribution in [1.82, 2.24) is 4.90 Å². The van der Waals surface area contributed by atoms with Crippen LogP contribution in [0.25, 0.3) is 0 Å². The Morgan fingerprint density at radius 2 is 1.80 bits per heavy atom. The van der Waals surface area contributed by atoms with Gasteiger partial charge < -0.3 is 19.7 Å². The van der Waals surface area contributed by atoms with Gasteiger partial charge in [0.05, 0.1) is 19.9 Å². The fourth-order valence-electron chi connectivity index (χ4n) is 3.31. The van der Waals surface area contributed by atoms with Gasteiger partial charge in [-0.2, -0.15) is 0 Å². The molecule has 0 unspecified atom stereocenters. The number of carbonyl (C=O) groups excluding carboxylic acids is 2. The molecule has 0 saturated heterocycles. The third kappa shape index (κ3) is 5.37. The minimum atomic E-state index is -0.220. The molecule has 1 N–H and O–H groups in total. The molecule has 0 spiro atoms. The van der Waals surface area contributed by atoms with Crippen LogP contribution in [-0.2, 0) is 9.59 Å². The number of carbonyl (C=O) groups is 2. The number of methoxy groups -OCH3 is 2. The fourth-order valence-corrected chi connectivity index (χ4v) is 3.31. The van der Waals surface area contributed by atoms with Crippen molar-refractivity contribution >= 4 is 17.5 Å². The Morgan fingerprint density at radius 1 is 1.12 bits per heavy atom. The van der Waals surface area contributed by atoms with Crippen LogP contribution >= 0.6 is 0 Å². The molecular weight excluding hydrogens is 320 g/mol. The Balaban J connectivity index is 2.05. The highest BCUT2D eigenvalue weighted by atomic mass is 16.5. The second kappa shape index (κ2) is 9.30. The number of hydrogen-bond donors (Lipinski definition) is 1. The van der Waals surface area contributed by atoms with Crippen molar-refractivity contribution in [2.45, 2.75) is 51.5 Å². The molecule has 0 bridgehead atoms. The van der Waals surface area contributed by atoms with Crippen LogP contribution in [0.5, 0.6) is 11.5 Å². The van der Waals surface area contributed by atoms with E-state index in [1.165, 1.54) is 26.9 Å². The molecule has 1 saturated carbocycles. The standard InChI is InChI=1S/C19H28N2O4/c1-14(22)21(15-8-6-4-5-7-9-15)13-19(23)20-17-11-10-16(24-2)12-18(17)25-3/h10-12,15H,4-9,13H2,1-3H3,(H,20,23). The number of ether oxygens (including phenoxy) is 2. The molecule has 2 rings (SSSR count). The zero-order valence-corrected chi connectivity index (χ0v) is 15.3. The van der Waals surface area contributed by atoms with E-state index in [1.54, 1.807) is 30.2 Å². The molecule has 0 atom stereocenters. The number of benzene rings is 1. The van der Waals surface area contributed by atoms with Gasteiger partial charge in [-0.25, -0.2) is 0 Å². The van der Waals surface area contributed by atoms with E-state index in [1.807, 2.05) is 0 Å². The molecular formula is C19H28N2O4. The Kier molecular flexibility index (Phi) is 7.10. The van der Waals surface area contributed by atoms with Crippen LogP contribution < -0.4 is 14.8 Å². The lowest BCUT2D eigenvalue weighted by Gasteiger charge is -2.29. The largest absolute Gasteiger partial charge is 0.497 e. The predicted molar refractivity (Wildman–Crippen MR) is 97.1 cm³/mol. The van der Waals surface area contributed by atoms with E-state index in [4.69, 9.17) is 9.47 Å². The van der Waals surface area contributed by atoms with Crippen LogP contribution in [0.4, 0.5) is 5.69 Å². The van der Waals surface area contributed by atoms with Gasteiger partial charge in [0.25, 0.3) is 0 Å². The summed E-state index contributed by atoms with van der Waals surface area (Å²) in [6.07, 6.45) is 6.58.